The number of aryl methyl sites for hydroxylation is 2. The van der Waals surface area contributed by atoms with E-state index in [2.05, 4.69) is 4.72 Å². The molecule has 1 heterocycles. The van der Waals surface area contributed by atoms with Crippen molar-refractivity contribution in [3.63, 3.8) is 0 Å². The Bertz CT molecular complexity index is 1170. The lowest BCUT2D eigenvalue weighted by Crippen LogP contribution is -2.36. The minimum absolute atomic E-state index is 0.0951. The van der Waals surface area contributed by atoms with Crippen LogP contribution in [0.4, 0.5) is 5.69 Å². The highest BCUT2D eigenvalue weighted by atomic mass is 32.2. The van der Waals surface area contributed by atoms with E-state index in [0.717, 1.165) is 35.2 Å². The lowest BCUT2D eigenvalue weighted by atomic mass is 10.00. The number of benzene rings is 3. The molecule has 0 spiro atoms. The van der Waals surface area contributed by atoms with Crippen LogP contribution >= 0.6 is 0 Å². The van der Waals surface area contributed by atoms with Gasteiger partial charge in [-0.05, 0) is 54.7 Å². The van der Waals surface area contributed by atoms with Crippen LogP contribution in [0.25, 0.3) is 0 Å². The number of carbonyl (C=O) groups is 1. The smallest absolute Gasteiger partial charge is 0.258 e. The van der Waals surface area contributed by atoms with Crippen LogP contribution in [-0.2, 0) is 23.0 Å². The molecule has 1 amide bonds. The number of nitrogens with one attached hydrogen (secondary N) is 1. The van der Waals surface area contributed by atoms with E-state index in [4.69, 9.17) is 0 Å². The van der Waals surface area contributed by atoms with Crippen LogP contribution in [0.15, 0.2) is 77.7 Å². The van der Waals surface area contributed by atoms with Gasteiger partial charge in [0, 0.05) is 24.3 Å². The summed E-state index contributed by atoms with van der Waals surface area (Å²) in [5.74, 6) is -0.167. The molecule has 6 heteroatoms. The Hall–Kier alpha value is -2.96. The van der Waals surface area contributed by atoms with Gasteiger partial charge >= 0.3 is 0 Å². The minimum atomic E-state index is -3.74. The Morgan fingerprint density at radius 1 is 1.00 bits per heavy atom. The third kappa shape index (κ3) is 4.15. The van der Waals surface area contributed by atoms with Crippen LogP contribution in [0.3, 0.4) is 0 Å². The molecule has 4 rings (SSSR count). The third-order valence-electron chi connectivity index (χ3n) is 5.41. The molecule has 0 unspecified atom stereocenters. The first kappa shape index (κ1) is 20.3. The topological polar surface area (TPSA) is 66.5 Å². The van der Waals surface area contributed by atoms with Crippen LogP contribution in [0.2, 0.25) is 0 Å². The third-order valence-corrected chi connectivity index (χ3v) is 6.81. The molecule has 3 aromatic rings. The molecule has 0 aliphatic carbocycles. The normalized spacial score (nSPS) is 13.7. The Morgan fingerprint density at radius 2 is 1.73 bits per heavy atom. The van der Waals surface area contributed by atoms with Crippen molar-refractivity contribution in [1.82, 2.24) is 4.72 Å². The summed E-state index contributed by atoms with van der Waals surface area (Å²) in [6.07, 6.45) is 1.83. The van der Waals surface area contributed by atoms with Crippen molar-refractivity contribution in [1.29, 1.82) is 0 Å². The highest BCUT2D eigenvalue weighted by molar-refractivity contribution is 7.89. The number of amides is 1. The van der Waals surface area contributed by atoms with Gasteiger partial charge in [-0.15, -0.1) is 0 Å². The second kappa shape index (κ2) is 8.42. The summed E-state index contributed by atoms with van der Waals surface area (Å²) in [6.45, 7) is 2.65. The van der Waals surface area contributed by atoms with E-state index in [1.165, 1.54) is 6.07 Å². The van der Waals surface area contributed by atoms with E-state index in [1.807, 2.05) is 61.5 Å². The first-order valence-electron chi connectivity index (χ1n) is 10.00. The van der Waals surface area contributed by atoms with Crippen molar-refractivity contribution in [3.05, 3.63) is 95.1 Å². The number of nitrogens with zero attached hydrogens (tertiary/aromatic N) is 1. The highest BCUT2D eigenvalue weighted by Gasteiger charge is 2.26. The molecule has 0 saturated heterocycles. The Balaban J connectivity index is 1.61. The largest absolute Gasteiger partial charge is 0.308 e. The molecule has 1 aliphatic rings. The maximum absolute atomic E-state index is 13.4. The van der Waals surface area contributed by atoms with Crippen LogP contribution in [0, 0.1) is 6.92 Å². The summed E-state index contributed by atoms with van der Waals surface area (Å²) < 4.78 is 28.3. The molecule has 0 atom stereocenters. The second-order valence-corrected chi connectivity index (χ2v) is 9.24. The molecule has 0 saturated carbocycles. The number of hydrogen-bond donors (Lipinski definition) is 1. The van der Waals surface area contributed by atoms with Crippen LogP contribution in [0.5, 0.6) is 0 Å². The average molecular weight is 421 g/mol. The van der Waals surface area contributed by atoms with E-state index in [1.54, 1.807) is 17.0 Å². The van der Waals surface area contributed by atoms with Gasteiger partial charge in [-0.2, -0.15) is 0 Å². The Kier molecular flexibility index (Phi) is 5.70. The quantitative estimate of drug-likeness (QED) is 0.677. The van der Waals surface area contributed by atoms with E-state index in [0.29, 0.717) is 12.1 Å². The predicted molar refractivity (Wildman–Crippen MR) is 118 cm³/mol. The van der Waals surface area contributed by atoms with Crippen molar-refractivity contribution in [2.75, 3.05) is 11.4 Å². The molecule has 0 fully saturated rings. The summed E-state index contributed by atoms with van der Waals surface area (Å²) in [6, 6.07) is 21.9. The summed E-state index contributed by atoms with van der Waals surface area (Å²) in [4.78, 5) is 15.2. The van der Waals surface area contributed by atoms with Crippen molar-refractivity contribution in [2.24, 2.45) is 0 Å². The van der Waals surface area contributed by atoms with Crippen molar-refractivity contribution < 1.29 is 13.2 Å². The van der Waals surface area contributed by atoms with Crippen LogP contribution in [0.1, 0.15) is 33.5 Å². The zero-order valence-electron chi connectivity index (χ0n) is 16.8. The number of hydrogen-bond acceptors (Lipinski definition) is 3. The fraction of sp³-hybridized carbons (Fsp3) is 0.208. The fourth-order valence-corrected chi connectivity index (χ4v) is 4.79. The average Bonchev–Trinajstić information content (AvgIpc) is 2.78. The molecule has 0 aromatic heterocycles. The maximum atomic E-state index is 13.4. The monoisotopic (exact) mass is 420 g/mol. The van der Waals surface area contributed by atoms with Gasteiger partial charge in [-0.1, -0.05) is 54.6 Å². The Labute approximate surface area is 177 Å². The molecule has 0 radical (unpaired) electrons. The first-order valence-corrected chi connectivity index (χ1v) is 11.5. The van der Waals surface area contributed by atoms with Gasteiger partial charge in [-0.25, -0.2) is 13.1 Å². The van der Waals surface area contributed by atoms with Crippen LogP contribution in [-0.4, -0.2) is 20.9 Å². The van der Waals surface area contributed by atoms with Crippen molar-refractivity contribution in [3.8, 4) is 0 Å². The summed E-state index contributed by atoms with van der Waals surface area (Å²) in [5.41, 5.74) is 4.08. The molecule has 5 nitrogen and oxygen atoms in total. The predicted octanol–water partition coefficient (Wildman–Crippen LogP) is 4.07. The Morgan fingerprint density at radius 3 is 2.53 bits per heavy atom. The fourth-order valence-electron chi connectivity index (χ4n) is 3.75. The van der Waals surface area contributed by atoms with Gasteiger partial charge in [0.25, 0.3) is 5.91 Å². The zero-order chi connectivity index (χ0) is 21.1. The van der Waals surface area contributed by atoms with E-state index >= 15 is 0 Å². The van der Waals surface area contributed by atoms with Gasteiger partial charge in [0.15, 0.2) is 0 Å². The molecule has 1 N–H and O–H groups in total. The molecular weight excluding hydrogens is 396 g/mol. The van der Waals surface area contributed by atoms with Crippen molar-refractivity contribution >= 4 is 21.6 Å². The van der Waals surface area contributed by atoms with Crippen LogP contribution < -0.4 is 9.62 Å². The number of rotatable bonds is 5. The maximum Gasteiger partial charge on any atom is 0.258 e. The number of fused-ring (bicyclic) bond motifs is 1. The molecule has 1 aliphatic heterocycles. The molecule has 154 valence electrons. The van der Waals surface area contributed by atoms with Gasteiger partial charge in [0.2, 0.25) is 10.0 Å². The summed E-state index contributed by atoms with van der Waals surface area (Å²) in [7, 11) is -3.74. The van der Waals surface area contributed by atoms with E-state index < -0.39 is 10.0 Å². The van der Waals surface area contributed by atoms with Gasteiger partial charge in [0.1, 0.15) is 0 Å². The lowest BCUT2D eigenvalue weighted by Gasteiger charge is -2.30. The SMILES string of the molecule is Cc1ccc(S(=O)(=O)NCc2ccccc2)cc1C(=O)N1CCCc2ccccc21. The second-order valence-electron chi connectivity index (χ2n) is 7.48. The molecule has 0 bridgehead atoms. The highest BCUT2D eigenvalue weighted by Crippen LogP contribution is 2.29. The molecule has 3 aromatic carbocycles. The van der Waals surface area contributed by atoms with E-state index in [-0.39, 0.29) is 17.3 Å². The summed E-state index contributed by atoms with van der Waals surface area (Å²) in [5, 5.41) is 0. The zero-order valence-corrected chi connectivity index (χ0v) is 17.7. The van der Waals surface area contributed by atoms with Gasteiger partial charge < -0.3 is 4.90 Å². The van der Waals surface area contributed by atoms with Crippen molar-refractivity contribution in [2.45, 2.75) is 31.2 Å². The summed E-state index contributed by atoms with van der Waals surface area (Å²) >= 11 is 0. The standard InChI is InChI=1S/C24H24N2O3S/c1-18-13-14-21(30(28,29)25-17-19-8-3-2-4-9-19)16-22(18)24(27)26-15-7-11-20-10-5-6-12-23(20)26/h2-6,8-10,12-14,16,25H,7,11,15,17H2,1H3. The first-order chi connectivity index (χ1) is 14.5. The number of sulfonamides is 1. The number of anilines is 1. The van der Waals surface area contributed by atoms with Gasteiger partial charge in [-0.3, -0.25) is 4.79 Å². The lowest BCUT2D eigenvalue weighted by molar-refractivity contribution is 0.0984. The van der Waals surface area contributed by atoms with E-state index in [9.17, 15) is 13.2 Å². The molecule has 30 heavy (non-hydrogen) atoms. The number of para-hydroxylation sites is 1. The number of carbonyl (C=O) groups excluding carboxylic acids is 1. The molecular formula is C24H24N2O3S. The van der Waals surface area contributed by atoms with Gasteiger partial charge in [0.05, 0.1) is 4.90 Å². The minimum Gasteiger partial charge on any atom is -0.308 e.